The molecule has 18 heavy (non-hydrogen) atoms. The summed E-state index contributed by atoms with van der Waals surface area (Å²) in [5.41, 5.74) is 0.170. The molecule has 1 aromatic rings. The van der Waals surface area contributed by atoms with E-state index < -0.39 is 11.9 Å². The number of phenols is 1. The zero-order valence-electron chi connectivity index (χ0n) is 9.76. The Balaban J connectivity index is 2.37. The summed E-state index contributed by atoms with van der Waals surface area (Å²) in [5, 5.41) is 18.0. The average Bonchev–Trinajstić information content (AvgIpc) is 2.34. The molecule has 0 spiro atoms. The van der Waals surface area contributed by atoms with Crippen LogP contribution in [0.25, 0.3) is 0 Å². The van der Waals surface area contributed by atoms with Gasteiger partial charge in [0.05, 0.1) is 6.61 Å². The van der Waals surface area contributed by atoms with Crippen molar-refractivity contribution in [2.24, 2.45) is 0 Å². The molecule has 0 saturated heterocycles. The molecular formula is C13H14O5. The number of phenolic OH excluding ortho intramolecular Hbond substituents is 1. The van der Waals surface area contributed by atoms with E-state index in [1.807, 2.05) is 0 Å². The molecule has 5 heteroatoms. The quantitative estimate of drug-likeness (QED) is 0.458. The predicted octanol–water partition coefficient (Wildman–Crippen LogP) is 1.97. The first-order valence-corrected chi connectivity index (χ1v) is 5.38. The van der Waals surface area contributed by atoms with Crippen molar-refractivity contribution in [2.45, 2.75) is 12.8 Å². The van der Waals surface area contributed by atoms with E-state index in [1.165, 1.54) is 12.1 Å². The van der Waals surface area contributed by atoms with Crippen molar-refractivity contribution in [1.82, 2.24) is 0 Å². The number of hydrogen-bond donors (Lipinski definition) is 2. The first-order chi connectivity index (χ1) is 8.52. The number of esters is 1. The lowest BCUT2D eigenvalue weighted by atomic mass is 10.2. The highest BCUT2D eigenvalue weighted by atomic mass is 16.5. The molecule has 96 valence electrons. The Labute approximate surface area is 104 Å². The van der Waals surface area contributed by atoms with Crippen LogP contribution in [0.1, 0.15) is 23.2 Å². The Morgan fingerprint density at radius 3 is 2.56 bits per heavy atom. The van der Waals surface area contributed by atoms with E-state index in [0.29, 0.717) is 6.42 Å². The van der Waals surface area contributed by atoms with Gasteiger partial charge >= 0.3 is 11.9 Å². The summed E-state index contributed by atoms with van der Waals surface area (Å²) < 4.78 is 4.91. The summed E-state index contributed by atoms with van der Waals surface area (Å²) in [7, 11) is 0. The predicted molar refractivity (Wildman–Crippen MR) is 64.4 cm³/mol. The first-order valence-electron chi connectivity index (χ1n) is 5.38. The van der Waals surface area contributed by atoms with Crippen molar-refractivity contribution in [3.8, 4) is 5.75 Å². The lowest BCUT2D eigenvalue weighted by Crippen LogP contribution is -2.07. The molecule has 0 aliphatic rings. The third-order valence-electron chi connectivity index (χ3n) is 2.28. The molecule has 0 aliphatic carbocycles. The number of carbonyl (C=O) groups excluding carboxylic acids is 1. The molecule has 0 amide bonds. The molecule has 1 aromatic carbocycles. The Hall–Kier alpha value is -2.30. The molecular weight excluding hydrogens is 236 g/mol. The summed E-state index contributed by atoms with van der Waals surface area (Å²) in [6.07, 6.45) is 0.633. The fourth-order valence-corrected chi connectivity index (χ4v) is 1.28. The van der Waals surface area contributed by atoms with Gasteiger partial charge in [-0.1, -0.05) is 18.7 Å². The smallest absolute Gasteiger partial charge is 0.341 e. The Bertz CT molecular complexity index is 464. The van der Waals surface area contributed by atoms with Gasteiger partial charge in [0, 0.05) is 5.57 Å². The fourth-order valence-electron chi connectivity index (χ4n) is 1.28. The maximum Gasteiger partial charge on any atom is 0.341 e. The number of para-hydroxylation sites is 1. The number of carbonyl (C=O) groups is 2. The molecule has 0 bridgehead atoms. The van der Waals surface area contributed by atoms with Crippen LogP contribution in [-0.4, -0.2) is 28.8 Å². The van der Waals surface area contributed by atoms with Crippen LogP contribution in [0.4, 0.5) is 0 Å². The van der Waals surface area contributed by atoms with E-state index in [4.69, 9.17) is 9.84 Å². The molecule has 1 rings (SSSR count). The maximum atomic E-state index is 11.5. The number of hydrogen-bond acceptors (Lipinski definition) is 4. The minimum absolute atomic E-state index is 0.0774. The monoisotopic (exact) mass is 250 g/mol. The van der Waals surface area contributed by atoms with Crippen molar-refractivity contribution in [2.75, 3.05) is 6.61 Å². The highest BCUT2D eigenvalue weighted by Crippen LogP contribution is 2.16. The number of rotatable bonds is 6. The summed E-state index contributed by atoms with van der Waals surface area (Å²) in [6, 6.07) is 6.06. The number of aromatic hydroxyl groups is 1. The van der Waals surface area contributed by atoms with E-state index in [-0.39, 0.29) is 29.9 Å². The highest BCUT2D eigenvalue weighted by Gasteiger charge is 2.11. The average molecular weight is 250 g/mol. The number of ether oxygens (including phenoxy) is 1. The number of carboxylic acid groups (broad SMARTS) is 1. The van der Waals surface area contributed by atoms with Gasteiger partial charge in [-0.25, -0.2) is 9.59 Å². The van der Waals surface area contributed by atoms with Gasteiger partial charge < -0.3 is 14.9 Å². The second-order valence-electron chi connectivity index (χ2n) is 3.67. The van der Waals surface area contributed by atoms with Gasteiger partial charge in [0.1, 0.15) is 11.3 Å². The molecule has 5 nitrogen and oxygen atoms in total. The lowest BCUT2D eigenvalue weighted by Gasteiger charge is -2.06. The van der Waals surface area contributed by atoms with Crippen molar-refractivity contribution < 1.29 is 24.5 Å². The number of aliphatic carboxylic acids is 1. The van der Waals surface area contributed by atoms with E-state index >= 15 is 0 Å². The van der Waals surface area contributed by atoms with E-state index in [1.54, 1.807) is 12.1 Å². The third-order valence-corrected chi connectivity index (χ3v) is 2.28. The van der Waals surface area contributed by atoms with Crippen LogP contribution in [0, 0.1) is 0 Å². The first kappa shape index (κ1) is 13.8. The SMILES string of the molecule is C=C(CCCOC(=O)c1ccccc1O)C(=O)O. The van der Waals surface area contributed by atoms with E-state index in [2.05, 4.69) is 6.58 Å². The van der Waals surface area contributed by atoms with Crippen LogP contribution >= 0.6 is 0 Å². The van der Waals surface area contributed by atoms with Crippen LogP contribution in [0.5, 0.6) is 5.75 Å². The molecule has 0 radical (unpaired) electrons. The van der Waals surface area contributed by atoms with Crippen LogP contribution in [0.15, 0.2) is 36.4 Å². The van der Waals surface area contributed by atoms with Gasteiger partial charge in [-0.2, -0.15) is 0 Å². The summed E-state index contributed by atoms with van der Waals surface area (Å²) in [5.74, 6) is -1.83. The van der Waals surface area contributed by atoms with Crippen molar-refractivity contribution in [3.63, 3.8) is 0 Å². The molecule has 0 atom stereocenters. The second-order valence-corrected chi connectivity index (χ2v) is 3.67. The normalized spacial score (nSPS) is 9.78. The standard InChI is InChI=1S/C13H14O5/c1-9(12(15)16)5-4-8-18-13(17)10-6-2-3-7-11(10)14/h2-3,6-7,14H,1,4-5,8H2,(H,15,16). The van der Waals surface area contributed by atoms with Gasteiger partial charge in [-0.15, -0.1) is 0 Å². The Morgan fingerprint density at radius 2 is 1.94 bits per heavy atom. The highest BCUT2D eigenvalue weighted by molar-refractivity contribution is 5.92. The number of benzene rings is 1. The molecule has 0 aliphatic heterocycles. The van der Waals surface area contributed by atoms with Crippen molar-refractivity contribution >= 4 is 11.9 Å². The summed E-state index contributed by atoms with van der Waals surface area (Å²) >= 11 is 0. The second kappa shape index (κ2) is 6.44. The fraction of sp³-hybridized carbons (Fsp3) is 0.231. The van der Waals surface area contributed by atoms with Gasteiger partial charge in [0.15, 0.2) is 0 Å². The number of carboxylic acids is 1. The van der Waals surface area contributed by atoms with E-state index in [9.17, 15) is 14.7 Å². The third kappa shape index (κ3) is 3.93. The van der Waals surface area contributed by atoms with Gasteiger partial charge in [0.25, 0.3) is 0 Å². The van der Waals surface area contributed by atoms with Crippen molar-refractivity contribution in [1.29, 1.82) is 0 Å². The van der Waals surface area contributed by atoms with E-state index in [0.717, 1.165) is 0 Å². The lowest BCUT2D eigenvalue weighted by molar-refractivity contribution is -0.132. The largest absolute Gasteiger partial charge is 0.507 e. The van der Waals surface area contributed by atoms with Gasteiger partial charge in [-0.3, -0.25) is 0 Å². The molecule has 0 aromatic heterocycles. The van der Waals surface area contributed by atoms with Crippen LogP contribution in [0.3, 0.4) is 0 Å². The summed E-state index contributed by atoms with van der Waals surface area (Å²) in [4.78, 5) is 22.0. The molecule has 0 fully saturated rings. The topological polar surface area (TPSA) is 83.8 Å². The minimum Gasteiger partial charge on any atom is -0.507 e. The summed E-state index contributed by atoms with van der Waals surface area (Å²) in [6.45, 7) is 3.45. The van der Waals surface area contributed by atoms with Crippen LogP contribution < -0.4 is 0 Å². The van der Waals surface area contributed by atoms with Crippen LogP contribution in [-0.2, 0) is 9.53 Å². The van der Waals surface area contributed by atoms with Gasteiger partial charge in [0.2, 0.25) is 0 Å². The maximum absolute atomic E-state index is 11.5. The van der Waals surface area contributed by atoms with Crippen LogP contribution in [0.2, 0.25) is 0 Å². The molecule has 0 heterocycles. The Morgan fingerprint density at radius 1 is 1.28 bits per heavy atom. The zero-order valence-corrected chi connectivity index (χ0v) is 9.76. The Kier molecular flexibility index (Phi) is 4.92. The molecule has 0 saturated carbocycles. The molecule has 0 unspecified atom stereocenters. The zero-order chi connectivity index (χ0) is 13.5. The minimum atomic E-state index is -1.05. The van der Waals surface area contributed by atoms with Gasteiger partial charge in [-0.05, 0) is 25.0 Å². The van der Waals surface area contributed by atoms with Crippen molar-refractivity contribution in [3.05, 3.63) is 42.0 Å². The molecule has 2 N–H and O–H groups in total.